The average molecular weight is 499 g/mol. The van der Waals surface area contributed by atoms with Gasteiger partial charge in [-0.3, -0.25) is 0 Å². The third-order valence-corrected chi connectivity index (χ3v) is 8.56. The maximum absolute atomic E-state index is 11.4. The van der Waals surface area contributed by atoms with E-state index in [1.807, 2.05) is 21.1 Å². The highest BCUT2D eigenvalue weighted by molar-refractivity contribution is 7.31. The van der Waals surface area contributed by atoms with E-state index in [2.05, 4.69) is 19.1 Å². The van der Waals surface area contributed by atoms with Crippen LogP contribution in [0.3, 0.4) is 0 Å². The lowest BCUT2D eigenvalue weighted by atomic mass is 10.0. The molecule has 0 aromatic carbocycles. The van der Waals surface area contributed by atoms with Gasteiger partial charge in [0.1, 0.15) is 0 Å². The predicted octanol–water partition coefficient (Wildman–Crippen LogP) is 10.7. The summed E-state index contributed by atoms with van der Waals surface area (Å²) in [5.74, 6) is -0.278. The zero-order valence-corrected chi connectivity index (χ0v) is 24.6. The number of nitrogens with zero attached hydrogens (tertiary/aromatic N) is 1. The lowest BCUT2D eigenvalue weighted by Crippen LogP contribution is -2.42. The molecule has 0 saturated carbocycles. The third kappa shape index (κ3) is 23.3. The minimum atomic E-state index is -2.36. The van der Waals surface area contributed by atoms with E-state index in [1.54, 1.807) is 0 Å². The smallest absolute Gasteiger partial charge is 0.317 e. The van der Waals surface area contributed by atoms with Crippen molar-refractivity contribution in [3.63, 3.8) is 0 Å². The van der Waals surface area contributed by atoms with Gasteiger partial charge in [0.05, 0.1) is 21.1 Å². The summed E-state index contributed by atoms with van der Waals surface area (Å²) in [4.78, 5) is 0. The van der Waals surface area contributed by atoms with Crippen LogP contribution in [-0.4, -0.2) is 31.4 Å². The van der Waals surface area contributed by atoms with Crippen LogP contribution in [0.1, 0.15) is 155 Å². The molecule has 202 valence electrons. The van der Waals surface area contributed by atoms with Crippen LogP contribution >= 0.6 is 7.68 Å². The minimum Gasteiger partial charge on any atom is -0.317 e. The Morgan fingerprint density at radius 1 is 0.529 bits per heavy atom. The number of rotatable bonds is 26. The Bertz CT molecular complexity index is 514. The summed E-state index contributed by atoms with van der Waals surface area (Å²) in [6.07, 6.45) is 35.6. The number of unbranched alkanes of at least 4 members (excludes halogenated alkanes) is 20. The van der Waals surface area contributed by atoms with Crippen molar-refractivity contribution in [1.29, 1.82) is 0 Å². The van der Waals surface area contributed by atoms with Gasteiger partial charge in [-0.15, -0.1) is 0 Å². The molecule has 34 heavy (non-hydrogen) atoms. The summed E-state index contributed by atoms with van der Waals surface area (Å²) < 4.78 is 23.3. The molecule has 0 spiro atoms. The fourth-order valence-corrected chi connectivity index (χ4v) is 5.70. The first kappa shape index (κ1) is 33.6. The average Bonchev–Trinajstić information content (AvgIpc) is 2.78. The zero-order chi connectivity index (χ0) is 25.3. The van der Waals surface area contributed by atoms with Gasteiger partial charge in [-0.25, -0.2) is 9.13 Å². The van der Waals surface area contributed by atoms with Crippen LogP contribution in [0.2, 0.25) is 0 Å². The van der Waals surface area contributed by atoms with E-state index in [-0.39, 0.29) is 5.78 Å². The highest BCUT2D eigenvalue weighted by atomic mass is 31.1. The van der Waals surface area contributed by atoms with Gasteiger partial charge in [0.2, 0.25) is 0 Å². The van der Waals surface area contributed by atoms with E-state index in [1.165, 1.54) is 128 Å². The summed E-state index contributed by atoms with van der Waals surface area (Å²) in [7, 11) is 3.51. The highest BCUT2D eigenvalue weighted by Crippen LogP contribution is 2.26. The topological polar surface area (TPSA) is 34.1 Å². The van der Waals surface area contributed by atoms with Gasteiger partial charge >= 0.3 is 7.68 Å². The molecule has 0 amide bonds. The highest BCUT2D eigenvalue weighted by Gasteiger charge is 2.28. The van der Waals surface area contributed by atoms with Gasteiger partial charge < -0.3 is 4.48 Å². The molecule has 4 heteroatoms. The van der Waals surface area contributed by atoms with E-state index in [4.69, 9.17) is 0 Å². The van der Waals surface area contributed by atoms with Gasteiger partial charge in [-0.05, 0) is 19.3 Å². The molecular formula is C30H61NO2P+. The zero-order valence-electron chi connectivity index (χ0n) is 23.7. The summed E-state index contributed by atoms with van der Waals surface area (Å²) >= 11 is 0. The predicted molar refractivity (Wildman–Crippen MR) is 151 cm³/mol. The van der Waals surface area contributed by atoms with E-state index < -0.39 is 7.68 Å². The van der Waals surface area contributed by atoms with Crippen molar-refractivity contribution >= 4 is 7.68 Å². The molecule has 0 aromatic heterocycles. The SMILES string of the molecule is CCCCCCCCCCCCCCCCCCCCCCC=CCCC(P(=O)=O)[N+](C)(C)C. The van der Waals surface area contributed by atoms with Crippen LogP contribution in [0.4, 0.5) is 0 Å². The molecule has 0 rings (SSSR count). The molecule has 0 fully saturated rings. The second-order valence-corrected chi connectivity index (χ2v) is 12.6. The molecule has 0 aromatic rings. The Balaban J connectivity index is 3.28. The van der Waals surface area contributed by atoms with E-state index in [9.17, 15) is 9.13 Å². The second-order valence-electron chi connectivity index (χ2n) is 11.4. The lowest BCUT2D eigenvalue weighted by molar-refractivity contribution is -0.882. The Hall–Kier alpha value is -0.400. The molecule has 0 heterocycles. The number of hydrogen-bond donors (Lipinski definition) is 0. The van der Waals surface area contributed by atoms with Crippen molar-refractivity contribution in [2.45, 2.75) is 160 Å². The molecule has 0 radical (unpaired) electrons. The summed E-state index contributed by atoms with van der Waals surface area (Å²) in [6, 6.07) is 0. The molecule has 1 unspecified atom stereocenters. The van der Waals surface area contributed by atoms with E-state index in [0.717, 1.165) is 19.3 Å². The first-order valence-electron chi connectivity index (χ1n) is 15.0. The monoisotopic (exact) mass is 498 g/mol. The van der Waals surface area contributed by atoms with Crippen molar-refractivity contribution in [2.24, 2.45) is 0 Å². The number of quaternary nitrogens is 1. The first-order valence-corrected chi connectivity index (χ1v) is 16.2. The molecule has 0 bridgehead atoms. The van der Waals surface area contributed by atoms with Gasteiger partial charge in [0, 0.05) is 6.42 Å². The van der Waals surface area contributed by atoms with Crippen LogP contribution < -0.4 is 0 Å². The van der Waals surface area contributed by atoms with Crippen LogP contribution in [0, 0.1) is 0 Å². The van der Waals surface area contributed by atoms with E-state index in [0.29, 0.717) is 4.48 Å². The molecule has 0 aliphatic carbocycles. The van der Waals surface area contributed by atoms with Crippen LogP contribution in [0.15, 0.2) is 12.2 Å². The van der Waals surface area contributed by atoms with Crippen molar-refractivity contribution < 1.29 is 13.6 Å². The Labute approximate surface area is 215 Å². The molecular weight excluding hydrogens is 437 g/mol. The number of hydrogen-bond acceptors (Lipinski definition) is 2. The van der Waals surface area contributed by atoms with Crippen LogP contribution in [-0.2, 0) is 9.13 Å². The van der Waals surface area contributed by atoms with Crippen LogP contribution in [0.25, 0.3) is 0 Å². The minimum absolute atomic E-state index is 0.278. The Morgan fingerprint density at radius 2 is 0.853 bits per heavy atom. The molecule has 0 aliphatic heterocycles. The second kappa shape index (κ2) is 24.3. The van der Waals surface area contributed by atoms with Crippen molar-refractivity contribution in [3.05, 3.63) is 12.2 Å². The molecule has 0 aliphatic rings. The Kier molecular flexibility index (Phi) is 24.0. The normalized spacial score (nSPS) is 13.1. The lowest BCUT2D eigenvalue weighted by Gasteiger charge is -2.28. The largest absolute Gasteiger partial charge is 0.375 e. The maximum atomic E-state index is 11.4. The standard InChI is InChI=1S/C30H61NO2P/c1-5-6-7-8-9-10-11-12-13-14-15-16-17-18-19-20-21-22-23-24-25-26-27-28-29-30(34(32)33)31(2,3)4/h26-27,30H,5-25,28-29H2,1-4H3/q+1. The fraction of sp³-hybridized carbons (Fsp3) is 0.933. The molecule has 0 saturated heterocycles. The van der Waals surface area contributed by atoms with E-state index >= 15 is 0 Å². The molecule has 3 nitrogen and oxygen atoms in total. The number of allylic oxidation sites excluding steroid dienone is 2. The molecule has 1 atom stereocenters. The van der Waals surface area contributed by atoms with Gasteiger partial charge in [0.25, 0.3) is 0 Å². The quantitative estimate of drug-likeness (QED) is 0.0514. The van der Waals surface area contributed by atoms with Crippen molar-refractivity contribution in [1.82, 2.24) is 0 Å². The first-order chi connectivity index (χ1) is 16.4. The third-order valence-electron chi connectivity index (χ3n) is 7.12. The summed E-state index contributed by atoms with van der Waals surface area (Å²) in [5, 5.41) is 0. The summed E-state index contributed by atoms with van der Waals surface area (Å²) in [6.45, 7) is 2.29. The van der Waals surface area contributed by atoms with Gasteiger partial charge in [-0.1, -0.05) is 141 Å². The molecule has 0 N–H and O–H groups in total. The van der Waals surface area contributed by atoms with Gasteiger partial charge in [0.15, 0.2) is 5.78 Å². The van der Waals surface area contributed by atoms with Crippen molar-refractivity contribution in [2.75, 3.05) is 21.1 Å². The maximum Gasteiger partial charge on any atom is 0.375 e. The van der Waals surface area contributed by atoms with Crippen molar-refractivity contribution in [3.8, 4) is 0 Å². The summed E-state index contributed by atoms with van der Waals surface area (Å²) in [5.41, 5.74) is 0. The Morgan fingerprint density at radius 3 is 1.18 bits per heavy atom. The van der Waals surface area contributed by atoms with Gasteiger partial charge in [-0.2, -0.15) is 0 Å². The van der Waals surface area contributed by atoms with Crippen LogP contribution in [0.5, 0.6) is 0 Å². The fourth-order valence-electron chi connectivity index (χ4n) is 4.77.